The molecule has 11 nitrogen and oxygen atoms in total. The van der Waals surface area contributed by atoms with Crippen LogP contribution in [0.1, 0.15) is 45.7 Å². The monoisotopic (exact) mass is 466 g/mol. The number of rotatable bonds is 6. The summed E-state index contributed by atoms with van der Waals surface area (Å²) in [6.07, 6.45) is -3.59. The van der Waals surface area contributed by atoms with E-state index >= 15 is 0 Å². The molecular formula is C22H30N2O9. The van der Waals surface area contributed by atoms with Crippen LogP contribution >= 0.6 is 0 Å². The highest BCUT2D eigenvalue weighted by Crippen LogP contribution is 2.45. The first-order chi connectivity index (χ1) is 15.5. The van der Waals surface area contributed by atoms with Gasteiger partial charge >= 0.3 is 24.1 Å². The average Bonchev–Trinajstić information content (AvgIpc) is 3.14. The van der Waals surface area contributed by atoms with Crippen LogP contribution in [0.2, 0.25) is 0 Å². The molecule has 0 spiro atoms. The highest BCUT2D eigenvalue weighted by Gasteiger charge is 2.67. The SMILES string of the molecule is COC(=O)C1(C(=O)OC)CC(c2ccc(OC)cc2)N(C(=O)OC(C)C)N1C(=O)OC(C)C. The van der Waals surface area contributed by atoms with Crippen molar-refractivity contribution in [3.63, 3.8) is 0 Å². The highest BCUT2D eigenvalue weighted by molar-refractivity contribution is 6.08. The van der Waals surface area contributed by atoms with E-state index in [2.05, 4.69) is 0 Å². The minimum Gasteiger partial charge on any atom is -0.497 e. The molecule has 11 heteroatoms. The van der Waals surface area contributed by atoms with Crippen LogP contribution < -0.4 is 4.74 Å². The van der Waals surface area contributed by atoms with Gasteiger partial charge in [-0.15, -0.1) is 0 Å². The van der Waals surface area contributed by atoms with Gasteiger partial charge in [0.05, 0.1) is 39.6 Å². The van der Waals surface area contributed by atoms with Crippen LogP contribution in [0, 0.1) is 0 Å². The van der Waals surface area contributed by atoms with Gasteiger partial charge in [0, 0.05) is 6.42 Å². The maximum atomic E-state index is 13.2. The average molecular weight is 466 g/mol. The summed E-state index contributed by atoms with van der Waals surface area (Å²) in [7, 11) is 3.63. The molecule has 1 aliphatic rings. The number of amides is 2. The standard InChI is InChI=1S/C22H30N2O9/c1-13(2)32-20(27)23-17(15-8-10-16(29-5)11-9-15)12-22(18(25)30-6,19(26)31-7)24(23)21(28)33-14(3)4/h8-11,13-14,17H,12H2,1-7H3. The molecule has 0 aliphatic carbocycles. The number of hydrazine groups is 1. The zero-order valence-corrected chi connectivity index (χ0v) is 19.8. The summed E-state index contributed by atoms with van der Waals surface area (Å²) in [4.78, 5) is 52.5. The van der Waals surface area contributed by atoms with E-state index in [0.29, 0.717) is 16.3 Å². The summed E-state index contributed by atoms with van der Waals surface area (Å²) >= 11 is 0. The normalized spacial score (nSPS) is 17.1. The fourth-order valence-corrected chi connectivity index (χ4v) is 3.58. The Morgan fingerprint density at radius 1 is 0.848 bits per heavy atom. The van der Waals surface area contributed by atoms with Crippen LogP contribution in [-0.2, 0) is 28.5 Å². The van der Waals surface area contributed by atoms with Gasteiger partial charge in [0.15, 0.2) is 0 Å². The molecule has 0 bridgehead atoms. The molecular weight excluding hydrogens is 436 g/mol. The molecule has 0 radical (unpaired) electrons. The lowest BCUT2D eigenvalue weighted by molar-refractivity contribution is -0.175. The number of methoxy groups -OCH3 is 3. The lowest BCUT2D eigenvalue weighted by atomic mass is 9.90. The zero-order chi connectivity index (χ0) is 24.9. The fraction of sp³-hybridized carbons (Fsp3) is 0.545. The van der Waals surface area contributed by atoms with E-state index in [9.17, 15) is 19.2 Å². The summed E-state index contributed by atoms with van der Waals surface area (Å²) in [5, 5.41) is 1.55. The Morgan fingerprint density at radius 3 is 1.76 bits per heavy atom. The number of carbonyl (C=O) groups is 4. The van der Waals surface area contributed by atoms with Crippen molar-refractivity contribution in [1.82, 2.24) is 10.0 Å². The molecule has 1 saturated heterocycles. The molecule has 2 rings (SSSR count). The molecule has 33 heavy (non-hydrogen) atoms. The van der Waals surface area contributed by atoms with Gasteiger partial charge in [0.25, 0.3) is 5.54 Å². The molecule has 0 saturated carbocycles. The van der Waals surface area contributed by atoms with Crippen LogP contribution in [0.4, 0.5) is 9.59 Å². The van der Waals surface area contributed by atoms with Crippen molar-refractivity contribution in [1.29, 1.82) is 0 Å². The number of carbonyl (C=O) groups excluding carboxylic acids is 4. The highest BCUT2D eigenvalue weighted by atomic mass is 16.6. The van der Waals surface area contributed by atoms with E-state index in [0.717, 1.165) is 19.2 Å². The minimum absolute atomic E-state index is 0.348. The summed E-state index contributed by atoms with van der Waals surface area (Å²) in [6.45, 7) is 6.43. The van der Waals surface area contributed by atoms with Crippen LogP contribution in [0.15, 0.2) is 24.3 Å². The Bertz CT molecular complexity index is 866. The third-order valence-corrected chi connectivity index (χ3v) is 4.94. The molecule has 1 aromatic carbocycles. The third kappa shape index (κ3) is 4.96. The molecule has 1 aromatic rings. The second kappa shape index (κ2) is 10.4. The van der Waals surface area contributed by atoms with Gasteiger partial charge < -0.3 is 23.7 Å². The van der Waals surface area contributed by atoms with E-state index in [4.69, 9.17) is 23.7 Å². The minimum atomic E-state index is -2.32. The Morgan fingerprint density at radius 2 is 1.33 bits per heavy atom. The second-order valence-electron chi connectivity index (χ2n) is 7.86. The van der Waals surface area contributed by atoms with E-state index in [1.54, 1.807) is 52.0 Å². The maximum absolute atomic E-state index is 13.2. The van der Waals surface area contributed by atoms with Crippen molar-refractivity contribution in [3.05, 3.63) is 29.8 Å². The first-order valence-corrected chi connectivity index (χ1v) is 10.3. The van der Waals surface area contributed by atoms with Crippen molar-refractivity contribution in [3.8, 4) is 5.75 Å². The van der Waals surface area contributed by atoms with Gasteiger partial charge in [-0.1, -0.05) is 12.1 Å². The lowest BCUT2D eigenvalue weighted by Crippen LogP contribution is -2.63. The predicted octanol–water partition coefficient (Wildman–Crippen LogP) is 2.83. The number of ether oxygens (including phenoxy) is 5. The van der Waals surface area contributed by atoms with Crippen molar-refractivity contribution in [2.75, 3.05) is 21.3 Å². The summed E-state index contributed by atoms with van der Waals surface area (Å²) in [6, 6.07) is 5.62. The topological polar surface area (TPSA) is 121 Å². The van der Waals surface area contributed by atoms with Gasteiger partial charge in [-0.05, 0) is 45.4 Å². The van der Waals surface area contributed by atoms with Crippen LogP contribution in [-0.4, -0.2) is 73.2 Å². The number of benzene rings is 1. The van der Waals surface area contributed by atoms with Crippen molar-refractivity contribution in [2.24, 2.45) is 0 Å². The largest absolute Gasteiger partial charge is 0.497 e. The summed E-state index contributed by atoms with van der Waals surface area (Å²) in [5.41, 5.74) is -1.82. The number of esters is 2. The summed E-state index contributed by atoms with van der Waals surface area (Å²) < 4.78 is 25.6. The third-order valence-electron chi connectivity index (χ3n) is 4.94. The fourth-order valence-electron chi connectivity index (χ4n) is 3.58. The maximum Gasteiger partial charge on any atom is 0.430 e. The van der Waals surface area contributed by atoms with Crippen LogP contribution in [0.25, 0.3) is 0 Å². The van der Waals surface area contributed by atoms with Gasteiger partial charge in [-0.2, -0.15) is 5.01 Å². The molecule has 1 atom stereocenters. The van der Waals surface area contributed by atoms with E-state index in [1.807, 2.05) is 0 Å². The number of hydrogen-bond acceptors (Lipinski definition) is 9. The number of hydrogen-bond donors (Lipinski definition) is 0. The van der Waals surface area contributed by atoms with Crippen molar-refractivity contribution < 1.29 is 42.9 Å². The lowest BCUT2D eigenvalue weighted by Gasteiger charge is -2.36. The first-order valence-electron chi connectivity index (χ1n) is 10.3. The molecule has 1 aliphatic heterocycles. The Hall–Kier alpha value is -3.50. The molecule has 1 heterocycles. The molecule has 1 unspecified atom stereocenters. The number of nitrogens with zero attached hydrogens (tertiary/aromatic N) is 2. The molecule has 182 valence electrons. The zero-order valence-electron chi connectivity index (χ0n) is 19.8. The molecule has 2 amide bonds. The van der Waals surface area contributed by atoms with Gasteiger partial charge in [-0.25, -0.2) is 24.2 Å². The Labute approximate surface area is 192 Å². The van der Waals surface area contributed by atoms with E-state index < -0.39 is 47.9 Å². The van der Waals surface area contributed by atoms with Crippen molar-refractivity contribution >= 4 is 24.1 Å². The quantitative estimate of drug-likeness (QED) is 0.354. The van der Waals surface area contributed by atoms with Crippen LogP contribution in [0.3, 0.4) is 0 Å². The predicted molar refractivity (Wildman–Crippen MR) is 114 cm³/mol. The van der Waals surface area contributed by atoms with Gasteiger partial charge in [0.1, 0.15) is 5.75 Å². The van der Waals surface area contributed by atoms with Gasteiger partial charge in [0.2, 0.25) is 0 Å². The second-order valence-corrected chi connectivity index (χ2v) is 7.86. The van der Waals surface area contributed by atoms with Crippen molar-refractivity contribution in [2.45, 2.75) is 57.9 Å². The first kappa shape index (κ1) is 25.8. The smallest absolute Gasteiger partial charge is 0.430 e. The van der Waals surface area contributed by atoms with E-state index in [-0.39, 0.29) is 6.42 Å². The van der Waals surface area contributed by atoms with E-state index in [1.165, 1.54) is 7.11 Å². The molecule has 0 N–H and O–H groups in total. The van der Waals surface area contributed by atoms with Crippen LogP contribution in [0.5, 0.6) is 5.75 Å². The Kier molecular flexibility index (Phi) is 8.13. The summed E-state index contributed by atoms with van der Waals surface area (Å²) in [5.74, 6) is -1.63. The van der Waals surface area contributed by atoms with Gasteiger partial charge in [-0.3, -0.25) is 0 Å². The Balaban J connectivity index is 2.77. The molecule has 0 aromatic heterocycles. The molecule has 1 fully saturated rings.